The summed E-state index contributed by atoms with van der Waals surface area (Å²) in [5.41, 5.74) is 1.30. The molecule has 0 spiro atoms. The summed E-state index contributed by atoms with van der Waals surface area (Å²) in [7, 11) is 1.37. The minimum absolute atomic E-state index is 0.361. The number of nitrogens with zero attached hydrogens (tertiary/aromatic N) is 5. The molecule has 1 aliphatic heterocycles. The number of hydrogen-bond acceptors (Lipinski definition) is 8. The number of benzene rings is 1. The Kier molecular flexibility index (Phi) is 5.51. The fraction of sp³-hybridized carbons (Fsp3) is 0.238. The molecule has 0 bridgehead atoms. The number of pyridine rings is 1. The lowest BCUT2D eigenvalue weighted by atomic mass is 10.2. The fourth-order valence-electron chi connectivity index (χ4n) is 3.23. The van der Waals surface area contributed by atoms with E-state index in [0.29, 0.717) is 11.5 Å². The Morgan fingerprint density at radius 1 is 0.897 bits per heavy atom. The first-order valence-corrected chi connectivity index (χ1v) is 9.42. The normalized spacial score (nSPS) is 13.8. The molecule has 1 fully saturated rings. The number of ether oxygens (including phenoxy) is 1. The summed E-state index contributed by atoms with van der Waals surface area (Å²) in [5, 5.41) is 3.18. The van der Waals surface area contributed by atoms with E-state index in [1.807, 2.05) is 30.5 Å². The third kappa shape index (κ3) is 4.43. The summed E-state index contributed by atoms with van der Waals surface area (Å²) in [4.78, 5) is 29.4. The molecular weight excluding hydrogens is 368 g/mol. The molecular formula is C21H22N6O2. The number of aromatic nitrogens is 3. The first-order chi connectivity index (χ1) is 14.2. The molecule has 0 aliphatic carbocycles. The lowest BCUT2D eigenvalue weighted by Gasteiger charge is -2.36. The topological polar surface area (TPSA) is 83.5 Å². The minimum Gasteiger partial charge on any atom is -0.465 e. The average molecular weight is 390 g/mol. The van der Waals surface area contributed by atoms with Crippen LogP contribution in [-0.4, -0.2) is 54.2 Å². The smallest absolute Gasteiger partial charge is 0.337 e. The summed E-state index contributed by atoms with van der Waals surface area (Å²) in [6, 6.07) is 14.9. The van der Waals surface area contributed by atoms with Crippen LogP contribution in [0.1, 0.15) is 10.4 Å². The molecule has 0 amide bonds. The van der Waals surface area contributed by atoms with Crippen LogP contribution >= 0.6 is 0 Å². The monoisotopic (exact) mass is 390 g/mol. The van der Waals surface area contributed by atoms with E-state index in [1.165, 1.54) is 7.11 Å². The van der Waals surface area contributed by atoms with Crippen molar-refractivity contribution < 1.29 is 9.53 Å². The number of piperazine rings is 1. The van der Waals surface area contributed by atoms with Gasteiger partial charge in [-0.25, -0.2) is 14.8 Å². The zero-order chi connectivity index (χ0) is 20.1. The van der Waals surface area contributed by atoms with Gasteiger partial charge in [0.05, 0.1) is 12.7 Å². The number of carbonyl (C=O) groups is 1. The van der Waals surface area contributed by atoms with Crippen LogP contribution in [0.15, 0.2) is 60.9 Å². The Morgan fingerprint density at radius 3 is 2.28 bits per heavy atom. The van der Waals surface area contributed by atoms with E-state index in [4.69, 9.17) is 4.74 Å². The van der Waals surface area contributed by atoms with Crippen LogP contribution in [0.25, 0.3) is 0 Å². The molecule has 148 valence electrons. The number of hydrogen-bond donors (Lipinski definition) is 1. The van der Waals surface area contributed by atoms with Crippen molar-refractivity contribution in [3.8, 4) is 0 Å². The SMILES string of the molecule is COC(=O)c1ccc(Nc2nccc(N3CCN(c4ccccn4)CC3)n2)cc1. The van der Waals surface area contributed by atoms with Gasteiger partial charge in [0, 0.05) is 44.3 Å². The summed E-state index contributed by atoms with van der Waals surface area (Å²) in [6.07, 6.45) is 3.57. The van der Waals surface area contributed by atoms with E-state index in [2.05, 4.69) is 30.1 Å². The van der Waals surface area contributed by atoms with E-state index in [9.17, 15) is 4.79 Å². The molecule has 8 heteroatoms. The van der Waals surface area contributed by atoms with Crippen LogP contribution in [0, 0.1) is 0 Å². The van der Waals surface area contributed by atoms with Crippen LogP contribution < -0.4 is 15.1 Å². The first kappa shape index (κ1) is 18.7. The van der Waals surface area contributed by atoms with Gasteiger partial charge in [0.15, 0.2) is 0 Å². The van der Waals surface area contributed by atoms with E-state index >= 15 is 0 Å². The van der Waals surface area contributed by atoms with Gasteiger partial charge in [0.1, 0.15) is 11.6 Å². The van der Waals surface area contributed by atoms with Gasteiger partial charge in [0.25, 0.3) is 0 Å². The maximum atomic E-state index is 11.5. The second kappa shape index (κ2) is 8.55. The Labute approximate surface area is 169 Å². The molecule has 0 radical (unpaired) electrons. The molecule has 0 unspecified atom stereocenters. The van der Waals surface area contributed by atoms with Gasteiger partial charge in [-0.3, -0.25) is 0 Å². The lowest BCUT2D eigenvalue weighted by Crippen LogP contribution is -2.47. The maximum Gasteiger partial charge on any atom is 0.337 e. The molecule has 3 aromatic rings. The maximum absolute atomic E-state index is 11.5. The van der Waals surface area contributed by atoms with E-state index < -0.39 is 0 Å². The zero-order valence-electron chi connectivity index (χ0n) is 16.2. The van der Waals surface area contributed by atoms with Gasteiger partial charge >= 0.3 is 5.97 Å². The van der Waals surface area contributed by atoms with Crippen LogP contribution in [0.4, 0.5) is 23.3 Å². The van der Waals surface area contributed by atoms with Gasteiger partial charge in [0.2, 0.25) is 5.95 Å². The van der Waals surface area contributed by atoms with Crippen molar-refractivity contribution >= 4 is 29.2 Å². The molecule has 1 aliphatic rings. The zero-order valence-corrected chi connectivity index (χ0v) is 16.2. The minimum atomic E-state index is -0.361. The number of nitrogens with one attached hydrogen (secondary N) is 1. The second-order valence-corrected chi connectivity index (χ2v) is 6.59. The molecule has 3 heterocycles. The number of rotatable bonds is 5. The van der Waals surface area contributed by atoms with E-state index in [1.54, 1.807) is 30.5 Å². The van der Waals surface area contributed by atoms with Crippen molar-refractivity contribution in [2.75, 3.05) is 48.4 Å². The number of anilines is 4. The molecule has 1 aromatic carbocycles. The van der Waals surface area contributed by atoms with E-state index in [-0.39, 0.29) is 5.97 Å². The Balaban J connectivity index is 1.39. The quantitative estimate of drug-likeness (QED) is 0.666. The summed E-state index contributed by atoms with van der Waals surface area (Å²) < 4.78 is 4.72. The predicted octanol–water partition coefficient (Wildman–Crippen LogP) is 2.73. The molecule has 8 nitrogen and oxygen atoms in total. The second-order valence-electron chi connectivity index (χ2n) is 6.59. The summed E-state index contributed by atoms with van der Waals surface area (Å²) in [6.45, 7) is 3.50. The predicted molar refractivity (Wildman–Crippen MR) is 112 cm³/mol. The molecule has 1 N–H and O–H groups in total. The number of esters is 1. The van der Waals surface area contributed by atoms with Crippen molar-refractivity contribution in [2.24, 2.45) is 0 Å². The van der Waals surface area contributed by atoms with Gasteiger partial charge < -0.3 is 19.9 Å². The highest BCUT2D eigenvalue weighted by molar-refractivity contribution is 5.89. The van der Waals surface area contributed by atoms with Crippen molar-refractivity contribution in [1.29, 1.82) is 0 Å². The highest BCUT2D eigenvalue weighted by Crippen LogP contribution is 2.20. The number of methoxy groups -OCH3 is 1. The van der Waals surface area contributed by atoms with Crippen molar-refractivity contribution in [3.05, 3.63) is 66.5 Å². The molecule has 2 aromatic heterocycles. The summed E-state index contributed by atoms with van der Waals surface area (Å²) in [5.74, 6) is 2.04. The van der Waals surface area contributed by atoms with Gasteiger partial charge in [-0.05, 0) is 42.5 Å². The van der Waals surface area contributed by atoms with E-state index in [0.717, 1.165) is 43.5 Å². The van der Waals surface area contributed by atoms with Crippen molar-refractivity contribution in [3.63, 3.8) is 0 Å². The van der Waals surface area contributed by atoms with Gasteiger partial charge in [-0.1, -0.05) is 6.07 Å². The van der Waals surface area contributed by atoms with Gasteiger partial charge in [-0.15, -0.1) is 0 Å². The van der Waals surface area contributed by atoms with Crippen LogP contribution in [0.3, 0.4) is 0 Å². The third-order valence-electron chi connectivity index (χ3n) is 4.78. The number of carbonyl (C=O) groups excluding carboxylic acids is 1. The molecule has 0 atom stereocenters. The fourth-order valence-corrected chi connectivity index (χ4v) is 3.23. The average Bonchev–Trinajstić information content (AvgIpc) is 2.80. The highest BCUT2D eigenvalue weighted by atomic mass is 16.5. The summed E-state index contributed by atoms with van der Waals surface area (Å²) >= 11 is 0. The Morgan fingerprint density at radius 2 is 1.62 bits per heavy atom. The largest absolute Gasteiger partial charge is 0.465 e. The molecule has 4 rings (SSSR count). The standard InChI is InChI=1S/C21H22N6O2/c1-29-20(28)16-5-7-17(8-6-16)24-21-23-11-9-19(25-21)27-14-12-26(13-15-27)18-4-2-3-10-22-18/h2-11H,12-15H2,1H3,(H,23,24,25). The molecule has 29 heavy (non-hydrogen) atoms. The van der Waals surface area contributed by atoms with Gasteiger partial charge in [-0.2, -0.15) is 4.98 Å². The first-order valence-electron chi connectivity index (χ1n) is 9.42. The molecule has 0 saturated carbocycles. The van der Waals surface area contributed by atoms with Crippen LogP contribution in [-0.2, 0) is 4.74 Å². The Bertz CT molecular complexity index is 956. The van der Waals surface area contributed by atoms with Crippen LogP contribution in [0.5, 0.6) is 0 Å². The molecule has 1 saturated heterocycles. The lowest BCUT2D eigenvalue weighted by molar-refractivity contribution is 0.0601. The van der Waals surface area contributed by atoms with Crippen molar-refractivity contribution in [2.45, 2.75) is 0 Å². The third-order valence-corrected chi connectivity index (χ3v) is 4.78. The van der Waals surface area contributed by atoms with Crippen molar-refractivity contribution in [1.82, 2.24) is 15.0 Å². The van der Waals surface area contributed by atoms with Crippen LogP contribution in [0.2, 0.25) is 0 Å². The Hall–Kier alpha value is -3.68. The highest BCUT2D eigenvalue weighted by Gasteiger charge is 2.19.